The highest BCUT2D eigenvalue weighted by molar-refractivity contribution is 7.12. The van der Waals surface area contributed by atoms with Crippen molar-refractivity contribution < 1.29 is 4.79 Å². The fourth-order valence-corrected chi connectivity index (χ4v) is 2.69. The van der Waals surface area contributed by atoms with Gasteiger partial charge < -0.3 is 5.32 Å². The third-order valence-corrected chi connectivity index (χ3v) is 3.85. The third-order valence-electron chi connectivity index (χ3n) is 2.98. The van der Waals surface area contributed by atoms with Crippen LogP contribution >= 0.6 is 11.3 Å². The van der Waals surface area contributed by atoms with Crippen molar-refractivity contribution in [2.24, 2.45) is 0 Å². The number of hydrogen-bond acceptors (Lipinski definition) is 2. The summed E-state index contributed by atoms with van der Waals surface area (Å²) < 4.78 is 0. The molecule has 1 aromatic heterocycles. The van der Waals surface area contributed by atoms with Gasteiger partial charge in [-0.1, -0.05) is 29.8 Å². The van der Waals surface area contributed by atoms with Crippen molar-refractivity contribution in [3.05, 3.63) is 57.3 Å². The van der Waals surface area contributed by atoms with Crippen LogP contribution < -0.4 is 5.32 Å². The van der Waals surface area contributed by atoms with E-state index >= 15 is 0 Å². The Balaban J connectivity index is 2.12. The van der Waals surface area contributed by atoms with Gasteiger partial charge in [0.15, 0.2) is 0 Å². The molecule has 1 atom stereocenters. The van der Waals surface area contributed by atoms with Gasteiger partial charge in [0.05, 0.1) is 10.9 Å². The molecule has 0 aliphatic rings. The van der Waals surface area contributed by atoms with Gasteiger partial charge in [0.2, 0.25) is 0 Å². The number of carbonyl (C=O) groups is 1. The zero-order valence-corrected chi connectivity index (χ0v) is 11.7. The highest BCUT2D eigenvalue weighted by Gasteiger charge is 2.13. The van der Waals surface area contributed by atoms with Gasteiger partial charge in [-0.15, -0.1) is 11.3 Å². The quantitative estimate of drug-likeness (QED) is 0.891. The fraction of sp³-hybridized carbons (Fsp3) is 0.267. The molecule has 0 aliphatic carbocycles. The minimum Gasteiger partial charge on any atom is -0.345 e. The van der Waals surface area contributed by atoms with E-state index in [1.54, 1.807) is 0 Å². The second kappa shape index (κ2) is 5.36. The Labute approximate surface area is 112 Å². The summed E-state index contributed by atoms with van der Waals surface area (Å²) >= 11 is 1.46. The van der Waals surface area contributed by atoms with Crippen LogP contribution in [0, 0.1) is 13.8 Å². The fourth-order valence-electron chi connectivity index (χ4n) is 2.06. The van der Waals surface area contributed by atoms with Crippen LogP contribution in [0.2, 0.25) is 0 Å². The van der Waals surface area contributed by atoms with Crippen molar-refractivity contribution in [3.63, 3.8) is 0 Å². The first kappa shape index (κ1) is 12.8. The summed E-state index contributed by atoms with van der Waals surface area (Å²) in [5.74, 6) is -0.00234. The topological polar surface area (TPSA) is 29.1 Å². The lowest BCUT2D eigenvalue weighted by Crippen LogP contribution is -2.26. The van der Waals surface area contributed by atoms with Gasteiger partial charge in [0.1, 0.15) is 0 Å². The van der Waals surface area contributed by atoms with E-state index in [2.05, 4.69) is 37.4 Å². The lowest BCUT2D eigenvalue weighted by molar-refractivity contribution is 0.0944. The van der Waals surface area contributed by atoms with Crippen molar-refractivity contribution in [2.45, 2.75) is 26.8 Å². The molecule has 0 saturated carbocycles. The van der Waals surface area contributed by atoms with Crippen molar-refractivity contribution in [1.82, 2.24) is 5.32 Å². The minimum absolute atomic E-state index is 0.00234. The van der Waals surface area contributed by atoms with Crippen LogP contribution in [0.15, 0.2) is 35.7 Å². The Morgan fingerprint density at radius 3 is 2.67 bits per heavy atom. The van der Waals surface area contributed by atoms with Crippen molar-refractivity contribution >= 4 is 17.2 Å². The molecular weight excluding hydrogens is 242 g/mol. The molecule has 1 amide bonds. The first-order chi connectivity index (χ1) is 8.58. The molecule has 1 heterocycles. The summed E-state index contributed by atoms with van der Waals surface area (Å²) in [4.78, 5) is 12.7. The summed E-state index contributed by atoms with van der Waals surface area (Å²) in [6.07, 6.45) is 0. The summed E-state index contributed by atoms with van der Waals surface area (Å²) in [6.45, 7) is 6.17. The van der Waals surface area contributed by atoms with Crippen molar-refractivity contribution in [3.8, 4) is 0 Å². The molecular formula is C15H17NOS. The number of thiophene rings is 1. The predicted molar refractivity (Wildman–Crippen MR) is 76.1 cm³/mol. The Morgan fingerprint density at radius 1 is 1.28 bits per heavy atom. The summed E-state index contributed by atoms with van der Waals surface area (Å²) in [5, 5.41) is 4.94. The number of hydrogen-bond donors (Lipinski definition) is 1. The molecule has 3 heteroatoms. The van der Waals surface area contributed by atoms with E-state index in [1.165, 1.54) is 28.0 Å². The minimum atomic E-state index is -0.00234. The molecule has 94 valence electrons. The van der Waals surface area contributed by atoms with E-state index in [-0.39, 0.29) is 11.9 Å². The molecule has 1 aromatic carbocycles. The van der Waals surface area contributed by atoms with E-state index < -0.39 is 0 Å². The molecule has 2 rings (SSSR count). The van der Waals surface area contributed by atoms with Crippen LogP contribution in [0.3, 0.4) is 0 Å². The standard InChI is InChI=1S/C15H17NOS/c1-10-6-7-13(11(2)9-10)12(3)16-15(17)14-5-4-8-18-14/h4-9,12H,1-3H3,(H,16,17). The average Bonchev–Trinajstić information content (AvgIpc) is 2.81. The maximum atomic E-state index is 12.0. The maximum absolute atomic E-state index is 12.0. The molecule has 0 spiro atoms. The summed E-state index contributed by atoms with van der Waals surface area (Å²) in [5.41, 5.74) is 3.63. The zero-order valence-electron chi connectivity index (χ0n) is 10.9. The Kier molecular flexibility index (Phi) is 3.82. The summed E-state index contributed by atoms with van der Waals surface area (Å²) in [7, 11) is 0. The van der Waals surface area contributed by atoms with Crippen molar-refractivity contribution in [2.75, 3.05) is 0 Å². The van der Waals surface area contributed by atoms with Gasteiger partial charge in [-0.25, -0.2) is 0 Å². The Bertz CT molecular complexity index is 546. The number of rotatable bonds is 3. The number of amides is 1. The molecule has 1 N–H and O–H groups in total. The smallest absolute Gasteiger partial charge is 0.261 e. The van der Waals surface area contributed by atoms with Crippen LogP contribution in [0.4, 0.5) is 0 Å². The zero-order chi connectivity index (χ0) is 13.1. The normalized spacial score (nSPS) is 12.2. The molecule has 0 fully saturated rings. The SMILES string of the molecule is Cc1ccc(C(C)NC(=O)c2cccs2)c(C)c1. The largest absolute Gasteiger partial charge is 0.345 e. The molecule has 18 heavy (non-hydrogen) atoms. The van der Waals surface area contributed by atoms with Crippen LogP contribution in [0.5, 0.6) is 0 Å². The molecule has 0 saturated heterocycles. The molecule has 0 aliphatic heterocycles. The van der Waals surface area contributed by atoms with Gasteiger partial charge in [-0.2, -0.15) is 0 Å². The second-order valence-electron chi connectivity index (χ2n) is 4.53. The van der Waals surface area contributed by atoms with Gasteiger partial charge in [-0.05, 0) is 43.3 Å². The summed E-state index contributed by atoms with van der Waals surface area (Å²) in [6, 6.07) is 10.1. The van der Waals surface area contributed by atoms with Crippen LogP contribution in [0.25, 0.3) is 0 Å². The third kappa shape index (κ3) is 2.79. The number of benzene rings is 1. The molecule has 0 radical (unpaired) electrons. The van der Waals surface area contributed by atoms with E-state index in [4.69, 9.17) is 0 Å². The average molecular weight is 259 g/mol. The van der Waals surface area contributed by atoms with Gasteiger partial charge in [0.25, 0.3) is 5.91 Å². The molecule has 2 nitrogen and oxygen atoms in total. The maximum Gasteiger partial charge on any atom is 0.261 e. The van der Waals surface area contributed by atoms with E-state index in [1.807, 2.05) is 24.4 Å². The van der Waals surface area contributed by atoms with E-state index in [0.29, 0.717) is 0 Å². The Morgan fingerprint density at radius 2 is 2.06 bits per heavy atom. The van der Waals surface area contributed by atoms with Gasteiger partial charge >= 0.3 is 0 Å². The predicted octanol–water partition coefficient (Wildman–Crippen LogP) is 3.86. The molecule has 2 aromatic rings. The lowest BCUT2D eigenvalue weighted by Gasteiger charge is -2.16. The first-order valence-corrected chi connectivity index (χ1v) is 6.87. The lowest BCUT2D eigenvalue weighted by atomic mass is 10.0. The van der Waals surface area contributed by atoms with Gasteiger partial charge in [0, 0.05) is 0 Å². The number of aryl methyl sites for hydroxylation is 2. The molecule has 0 bridgehead atoms. The van der Waals surface area contributed by atoms with E-state index in [0.717, 1.165) is 4.88 Å². The highest BCUT2D eigenvalue weighted by atomic mass is 32.1. The highest BCUT2D eigenvalue weighted by Crippen LogP contribution is 2.19. The number of carbonyl (C=O) groups excluding carboxylic acids is 1. The van der Waals surface area contributed by atoms with E-state index in [9.17, 15) is 4.79 Å². The van der Waals surface area contributed by atoms with Gasteiger partial charge in [-0.3, -0.25) is 4.79 Å². The Hall–Kier alpha value is -1.61. The molecule has 1 unspecified atom stereocenters. The van der Waals surface area contributed by atoms with Crippen LogP contribution in [-0.2, 0) is 0 Å². The number of nitrogens with one attached hydrogen (secondary N) is 1. The van der Waals surface area contributed by atoms with Crippen LogP contribution in [-0.4, -0.2) is 5.91 Å². The monoisotopic (exact) mass is 259 g/mol. The second-order valence-corrected chi connectivity index (χ2v) is 5.48. The first-order valence-electron chi connectivity index (χ1n) is 5.99. The van der Waals surface area contributed by atoms with Crippen LogP contribution in [0.1, 0.15) is 39.3 Å². The van der Waals surface area contributed by atoms with Crippen molar-refractivity contribution in [1.29, 1.82) is 0 Å².